The zero-order chi connectivity index (χ0) is 12.8. The summed E-state index contributed by atoms with van der Waals surface area (Å²) >= 11 is 0. The first kappa shape index (κ1) is 14.0. The molecule has 1 rings (SSSR count). The lowest BCUT2D eigenvalue weighted by Gasteiger charge is -2.28. The molecule has 0 amide bonds. The van der Waals surface area contributed by atoms with Crippen molar-refractivity contribution in [3.8, 4) is 0 Å². The molecule has 17 heavy (non-hydrogen) atoms. The van der Waals surface area contributed by atoms with Gasteiger partial charge in [-0.05, 0) is 43.9 Å². The highest BCUT2D eigenvalue weighted by Crippen LogP contribution is 2.21. The SMILES string of the molecule is CCC(CC)N(C)c1ncc(CCN)cc1C. The highest BCUT2D eigenvalue weighted by molar-refractivity contribution is 5.47. The second-order valence-electron chi connectivity index (χ2n) is 4.60. The second kappa shape index (κ2) is 6.60. The molecule has 0 saturated carbocycles. The van der Waals surface area contributed by atoms with Gasteiger partial charge in [-0.1, -0.05) is 19.9 Å². The summed E-state index contributed by atoms with van der Waals surface area (Å²) in [5, 5.41) is 0. The van der Waals surface area contributed by atoms with Gasteiger partial charge in [-0.2, -0.15) is 0 Å². The summed E-state index contributed by atoms with van der Waals surface area (Å²) < 4.78 is 0. The van der Waals surface area contributed by atoms with E-state index in [0.717, 1.165) is 25.1 Å². The molecule has 1 aromatic heterocycles. The average Bonchev–Trinajstić information content (AvgIpc) is 2.31. The van der Waals surface area contributed by atoms with Crippen LogP contribution in [-0.2, 0) is 6.42 Å². The van der Waals surface area contributed by atoms with Crippen molar-refractivity contribution in [1.29, 1.82) is 0 Å². The summed E-state index contributed by atoms with van der Waals surface area (Å²) in [7, 11) is 2.13. The molecule has 1 aromatic rings. The van der Waals surface area contributed by atoms with Gasteiger partial charge in [0.15, 0.2) is 0 Å². The van der Waals surface area contributed by atoms with Crippen molar-refractivity contribution in [1.82, 2.24) is 4.98 Å². The fourth-order valence-corrected chi connectivity index (χ4v) is 2.31. The summed E-state index contributed by atoms with van der Waals surface area (Å²) in [5.41, 5.74) is 8.03. The number of hydrogen-bond donors (Lipinski definition) is 1. The first-order valence-corrected chi connectivity index (χ1v) is 6.52. The van der Waals surface area contributed by atoms with Gasteiger partial charge in [-0.15, -0.1) is 0 Å². The summed E-state index contributed by atoms with van der Waals surface area (Å²) in [4.78, 5) is 6.88. The first-order chi connectivity index (χ1) is 8.13. The van der Waals surface area contributed by atoms with Crippen molar-refractivity contribution in [3.05, 3.63) is 23.4 Å². The summed E-state index contributed by atoms with van der Waals surface area (Å²) in [6.07, 6.45) is 5.16. The molecule has 2 N–H and O–H groups in total. The maximum atomic E-state index is 5.56. The second-order valence-corrected chi connectivity index (χ2v) is 4.60. The molecule has 1 heterocycles. The molecule has 0 radical (unpaired) electrons. The standard InChI is InChI=1S/C14H25N3/c1-5-13(6-2)17(4)14-11(3)9-12(7-8-15)10-16-14/h9-10,13H,5-8,15H2,1-4H3. The number of nitrogens with zero attached hydrogens (tertiary/aromatic N) is 2. The van der Waals surface area contributed by atoms with Crippen LogP contribution in [0.15, 0.2) is 12.3 Å². The van der Waals surface area contributed by atoms with Crippen LogP contribution in [0.5, 0.6) is 0 Å². The molecule has 0 aliphatic carbocycles. The minimum Gasteiger partial charge on any atom is -0.357 e. The first-order valence-electron chi connectivity index (χ1n) is 6.52. The molecule has 0 unspecified atom stereocenters. The Labute approximate surface area is 105 Å². The Hall–Kier alpha value is -1.09. The largest absolute Gasteiger partial charge is 0.357 e. The molecule has 0 saturated heterocycles. The molecular weight excluding hydrogens is 210 g/mol. The molecule has 0 aliphatic heterocycles. The Kier molecular flexibility index (Phi) is 5.42. The Morgan fingerprint density at radius 3 is 2.47 bits per heavy atom. The van der Waals surface area contributed by atoms with Crippen LogP contribution in [0.4, 0.5) is 5.82 Å². The van der Waals surface area contributed by atoms with E-state index in [1.807, 2.05) is 6.20 Å². The van der Waals surface area contributed by atoms with Crippen molar-refractivity contribution in [2.75, 3.05) is 18.5 Å². The Morgan fingerprint density at radius 2 is 2.00 bits per heavy atom. The lowest BCUT2D eigenvalue weighted by atomic mass is 10.1. The van der Waals surface area contributed by atoms with Crippen LogP contribution in [0, 0.1) is 6.92 Å². The lowest BCUT2D eigenvalue weighted by molar-refractivity contribution is 0.585. The summed E-state index contributed by atoms with van der Waals surface area (Å²) in [5.74, 6) is 1.10. The van der Waals surface area contributed by atoms with Gasteiger partial charge in [0.2, 0.25) is 0 Å². The highest BCUT2D eigenvalue weighted by Gasteiger charge is 2.14. The minimum atomic E-state index is 0.571. The van der Waals surface area contributed by atoms with Crippen molar-refractivity contribution in [3.63, 3.8) is 0 Å². The van der Waals surface area contributed by atoms with Gasteiger partial charge in [0.25, 0.3) is 0 Å². The van der Waals surface area contributed by atoms with Crippen molar-refractivity contribution >= 4 is 5.82 Å². The number of nitrogens with two attached hydrogens (primary N) is 1. The molecule has 3 nitrogen and oxygen atoms in total. The third-order valence-corrected chi connectivity index (χ3v) is 3.36. The van der Waals surface area contributed by atoms with Crippen molar-refractivity contribution < 1.29 is 0 Å². The molecule has 0 spiro atoms. The van der Waals surface area contributed by atoms with E-state index in [9.17, 15) is 0 Å². The molecular formula is C14H25N3. The van der Waals surface area contributed by atoms with Crippen LogP contribution in [0.3, 0.4) is 0 Å². The summed E-state index contributed by atoms with van der Waals surface area (Å²) in [6.45, 7) is 7.26. The van der Waals surface area contributed by atoms with Crippen LogP contribution in [-0.4, -0.2) is 24.6 Å². The molecule has 0 fully saturated rings. The number of pyridine rings is 1. The number of hydrogen-bond acceptors (Lipinski definition) is 3. The third kappa shape index (κ3) is 3.43. The quantitative estimate of drug-likeness (QED) is 0.824. The summed E-state index contributed by atoms with van der Waals surface area (Å²) in [6, 6.07) is 2.77. The molecule has 0 bridgehead atoms. The van der Waals surface area contributed by atoms with Gasteiger partial charge >= 0.3 is 0 Å². The molecule has 3 heteroatoms. The maximum Gasteiger partial charge on any atom is 0.131 e. The molecule has 0 aliphatic rings. The third-order valence-electron chi connectivity index (χ3n) is 3.36. The molecule has 96 valence electrons. The smallest absolute Gasteiger partial charge is 0.131 e. The van der Waals surface area contributed by atoms with Crippen LogP contribution >= 0.6 is 0 Å². The lowest BCUT2D eigenvalue weighted by Crippen LogP contribution is -2.31. The minimum absolute atomic E-state index is 0.571. The van der Waals surface area contributed by atoms with E-state index in [2.05, 4.69) is 43.8 Å². The number of anilines is 1. The van der Waals surface area contributed by atoms with Crippen LogP contribution < -0.4 is 10.6 Å². The van der Waals surface area contributed by atoms with E-state index < -0.39 is 0 Å². The molecule has 0 atom stereocenters. The molecule has 0 aromatic carbocycles. The number of aromatic nitrogens is 1. The fraction of sp³-hybridized carbons (Fsp3) is 0.643. The van der Waals surface area contributed by atoms with E-state index in [-0.39, 0.29) is 0 Å². The van der Waals surface area contributed by atoms with Crippen LogP contribution in [0.2, 0.25) is 0 Å². The van der Waals surface area contributed by atoms with Gasteiger partial charge in [0.1, 0.15) is 5.82 Å². The van der Waals surface area contributed by atoms with E-state index in [1.165, 1.54) is 11.1 Å². The normalized spacial score (nSPS) is 10.9. The zero-order valence-corrected chi connectivity index (χ0v) is 11.5. The van der Waals surface area contributed by atoms with Gasteiger partial charge < -0.3 is 10.6 Å². The van der Waals surface area contributed by atoms with Gasteiger partial charge in [0.05, 0.1) is 0 Å². The van der Waals surface area contributed by atoms with Gasteiger partial charge in [0, 0.05) is 19.3 Å². The average molecular weight is 235 g/mol. The Morgan fingerprint density at radius 1 is 1.35 bits per heavy atom. The number of aryl methyl sites for hydroxylation is 1. The van der Waals surface area contributed by atoms with E-state index in [0.29, 0.717) is 12.6 Å². The fourth-order valence-electron chi connectivity index (χ4n) is 2.31. The van der Waals surface area contributed by atoms with E-state index in [4.69, 9.17) is 5.73 Å². The Bertz CT molecular complexity index is 345. The zero-order valence-electron chi connectivity index (χ0n) is 11.5. The highest BCUT2D eigenvalue weighted by atomic mass is 15.2. The van der Waals surface area contributed by atoms with Crippen molar-refractivity contribution in [2.45, 2.75) is 46.1 Å². The monoisotopic (exact) mass is 235 g/mol. The maximum absolute atomic E-state index is 5.56. The van der Waals surface area contributed by atoms with E-state index >= 15 is 0 Å². The van der Waals surface area contributed by atoms with Gasteiger partial charge in [-0.3, -0.25) is 0 Å². The number of rotatable bonds is 6. The van der Waals surface area contributed by atoms with Crippen molar-refractivity contribution in [2.24, 2.45) is 5.73 Å². The predicted octanol–water partition coefficient (Wildman–Crippen LogP) is 2.52. The van der Waals surface area contributed by atoms with Crippen LogP contribution in [0.1, 0.15) is 37.8 Å². The predicted molar refractivity (Wildman–Crippen MR) is 74.5 cm³/mol. The van der Waals surface area contributed by atoms with E-state index in [1.54, 1.807) is 0 Å². The van der Waals surface area contributed by atoms with Gasteiger partial charge in [-0.25, -0.2) is 4.98 Å². The Balaban J connectivity index is 2.90. The van der Waals surface area contributed by atoms with Crippen LogP contribution in [0.25, 0.3) is 0 Å². The topological polar surface area (TPSA) is 42.2 Å².